The standard InChI is InChI=1S/C16H21Br2FO/c1-20-16-10-15(19)14(18)9-12(16)13(17)8-7-11-5-3-2-4-6-11/h9-11,13H,2-8H2,1H3. The third-order valence-corrected chi connectivity index (χ3v) is 5.72. The van der Waals surface area contributed by atoms with E-state index in [0.717, 1.165) is 17.9 Å². The van der Waals surface area contributed by atoms with Crippen molar-refractivity contribution in [2.75, 3.05) is 7.11 Å². The van der Waals surface area contributed by atoms with Gasteiger partial charge in [-0.2, -0.15) is 0 Å². The largest absolute Gasteiger partial charge is 0.496 e. The van der Waals surface area contributed by atoms with Gasteiger partial charge in [0.25, 0.3) is 0 Å². The van der Waals surface area contributed by atoms with Gasteiger partial charge in [-0.25, -0.2) is 4.39 Å². The van der Waals surface area contributed by atoms with Gasteiger partial charge in [0.2, 0.25) is 0 Å². The van der Waals surface area contributed by atoms with Crippen LogP contribution in [-0.2, 0) is 0 Å². The summed E-state index contributed by atoms with van der Waals surface area (Å²) >= 11 is 6.99. The highest BCUT2D eigenvalue weighted by atomic mass is 79.9. The molecule has 0 bridgehead atoms. The zero-order valence-electron chi connectivity index (χ0n) is 11.8. The molecule has 20 heavy (non-hydrogen) atoms. The smallest absolute Gasteiger partial charge is 0.141 e. The van der Waals surface area contributed by atoms with E-state index in [1.54, 1.807) is 7.11 Å². The molecule has 0 aliphatic heterocycles. The summed E-state index contributed by atoms with van der Waals surface area (Å²) < 4.78 is 19.3. The Morgan fingerprint density at radius 2 is 2.00 bits per heavy atom. The lowest BCUT2D eigenvalue weighted by Gasteiger charge is -2.23. The van der Waals surface area contributed by atoms with Crippen LogP contribution in [0, 0.1) is 11.7 Å². The first-order valence-corrected chi connectivity index (χ1v) is 8.99. The summed E-state index contributed by atoms with van der Waals surface area (Å²) in [6.45, 7) is 0. The fourth-order valence-electron chi connectivity index (χ4n) is 2.98. The predicted octanol–water partition coefficient (Wildman–Crippen LogP) is 6.39. The van der Waals surface area contributed by atoms with E-state index >= 15 is 0 Å². The zero-order chi connectivity index (χ0) is 14.5. The first-order valence-electron chi connectivity index (χ1n) is 7.28. The van der Waals surface area contributed by atoms with Crippen LogP contribution in [0.2, 0.25) is 0 Å². The molecular formula is C16H21Br2FO. The molecule has 0 heterocycles. The van der Waals surface area contributed by atoms with Gasteiger partial charge in [-0.3, -0.25) is 0 Å². The molecular weight excluding hydrogens is 387 g/mol. The molecule has 0 N–H and O–H groups in total. The second-order valence-electron chi connectivity index (χ2n) is 5.56. The molecule has 112 valence electrons. The summed E-state index contributed by atoms with van der Waals surface area (Å²) in [6, 6.07) is 3.28. The maximum atomic E-state index is 13.5. The number of benzene rings is 1. The fraction of sp³-hybridized carbons (Fsp3) is 0.625. The Morgan fingerprint density at radius 1 is 1.30 bits per heavy atom. The molecule has 4 heteroatoms. The number of hydrogen-bond acceptors (Lipinski definition) is 1. The molecule has 0 amide bonds. The second-order valence-corrected chi connectivity index (χ2v) is 7.52. The van der Waals surface area contributed by atoms with Gasteiger partial charge in [0.1, 0.15) is 11.6 Å². The molecule has 1 aliphatic carbocycles. The average molecular weight is 408 g/mol. The lowest BCUT2D eigenvalue weighted by molar-refractivity contribution is 0.331. The Kier molecular flexibility index (Phi) is 6.34. The molecule has 0 saturated heterocycles. The Labute approximate surface area is 137 Å². The summed E-state index contributed by atoms with van der Waals surface area (Å²) in [5, 5.41) is 0. The minimum absolute atomic E-state index is 0.219. The van der Waals surface area contributed by atoms with Crippen LogP contribution in [0.1, 0.15) is 55.3 Å². The van der Waals surface area contributed by atoms with Crippen LogP contribution in [0.4, 0.5) is 4.39 Å². The highest BCUT2D eigenvalue weighted by molar-refractivity contribution is 9.10. The Morgan fingerprint density at radius 3 is 2.65 bits per heavy atom. The SMILES string of the molecule is COc1cc(F)c(Br)cc1C(Br)CCC1CCCCC1. The van der Waals surface area contributed by atoms with Crippen molar-refractivity contribution < 1.29 is 9.13 Å². The van der Waals surface area contributed by atoms with Gasteiger partial charge in [0, 0.05) is 16.5 Å². The van der Waals surface area contributed by atoms with Crippen molar-refractivity contribution in [3.8, 4) is 5.75 Å². The molecule has 1 unspecified atom stereocenters. The second kappa shape index (κ2) is 7.79. The molecule has 1 atom stereocenters. The number of rotatable bonds is 5. The first kappa shape index (κ1) is 16.3. The molecule has 2 rings (SSSR count). The molecule has 1 aliphatic rings. The number of ether oxygens (including phenoxy) is 1. The minimum Gasteiger partial charge on any atom is -0.496 e. The van der Waals surface area contributed by atoms with E-state index in [1.807, 2.05) is 6.07 Å². The number of hydrogen-bond donors (Lipinski definition) is 0. The number of methoxy groups -OCH3 is 1. The third-order valence-electron chi connectivity index (χ3n) is 4.16. The Balaban J connectivity index is 2.00. The van der Waals surface area contributed by atoms with E-state index < -0.39 is 0 Å². The van der Waals surface area contributed by atoms with Crippen molar-refractivity contribution >= 4 is 31.9 Å². The highest BCUT2D eigenvalue weighted by Gasteiger charge is 2.19. The summed E-state index contributed by atoms with van der Waals surface area (Å²) in [5.41, 5.74) is 1.02. The summed E-state index contributed by atoms with van der Waals surface area (Å²) in [5.74, 6) is 1.20. The van der Waals surface area contributed by atoms with Crippen molar-refractivity contribution in [1.82, 2.24) is 0 Å². The van der Waals surface area contributed by atoms with E-state index in [1.165, 1.54) is 44.6 Å². The van der Waals surface area contributed by atoms with E-state index in [0.29, 0.717) is 10.2 Å². The number of alkyl halides is 1. The van der Waals surface area contributed by atoms with Crippen LogP contribution in [0.3, 0.4) is 0 Å². The molecule has 1 nitrogen and oxygen atoms in total. The molecule has 1 saturated carbocycles. The minimum atomic E-state index is -0.280. The predicted molar refractivity (Wildman–Crippen MR) is 88.1 cm³/mol. The Hall–Kier alpha value is -0.0900. The van der Waals surface area contributed by atoms with Gasteiger partial charge < -0.3 is 4.74 Å². The average Bonchev–Trinajstić information content (AvgIpc) is 2.48. The zero-order valence-corrected chi connectivity index (χ0v) is 15.0. The normalized spacial score (nSPS) is 18.0. The van der Waals surface area contributed by atoms with E-state index in [4.69, 9.17) is 4.74 Å². The van der Waals surface area contributed by atoms with Crippen LogP contribution in [-0.4, -0.2) is 7.11 Å². The monoisotopic (exact) mass is 406 g/mol. The van der Waals surface area contributed by atoms with Crippen molar-refractivity contribution in [2.45, 2.75) is 49.8 Å². The molecule has 0 radical (unpaired) electrons. The van der Waals surface area contributed by atoms with Crippen LogP contribution in [0.5, 0.6) is 5.75 Å². The third kappa shape index (κ3) is 4.20. The van der Waals surface area contributed by atoms with Crippen molar-refractivity contribution in [2.24, 2.45) is 5.92 Å². The van der Waals surface area contributed by atoms with Gasteiger partial charge in [-0.1, -0.05) is 48.0 Å². The van der Waals surface area contributed by atoms with Gasteiger partial charge in [0.15, 0.2) is 0 Å². The maximum Gasteiger partial charge on any atom is 0.141 e. The van der Waals surface area contributed by atoms with Crippen molar-refractivity contribution in [3.05, 3.63) is 28.0 Å². The van der Waals surface area contributed by atoms with Crippen LogP contribution >= 0.6 is 31.9 Å². The van der Waals surface area contributed by atoms with Gasteiger partial charge in [-0.15, -0.1) is 0 Å². The number of halogens is 3. The van der Waals surface area contributed by atoms with Crippen LogP contribution in [0.25, 0.3) is 0 Å². The van der Waals surface area contributed by atoms with Gasteiger partial charge in [0.05, 0.1) is 11.6 Å². The topological polar surface area (TPSA) is 9.23 Å². The van der Waals surface area contributed by atoms with E-state index in [9.17, 15) is 4.39 Å². The lowest BCUT2D eigenvalue weighted by atomic mass is 9.85. The van der Waals surface area contributed by atoms with E-state index in [-0.39, 0.29) is 10.6 Å². The Bertz CT molecular complexity index is 444. The highest BCUT2D eigenvalue weighted by Crippen LogP contribution is 2.39. The maximum absolute atomic E-state index is 13.5. The molecule has 1 fully saturated rings. The van der Waals surface area contributed by atoms with E-state index in [2.05, 4.69) is 31.9 Å². The molecule has 1 aromatic rings. The van der Waals surface area contributed by atoms with Gasteiger partial charge >= 0.3 is 0 Å². The van der Waals surface area contributed by atoms with Crippen molar-refractivity contribution in [3.63, 3.8) is 0 Å². The molecule has 1 aromatic carbocycles. The summed E-state index contributed by atoms with van der Waals surface area (Å²) in [4.78, 5) is 0.219. The van der Waals surface area contributed by atoms with Crippen LogP contribution < -0.4 is 4.74 Å². The molecule has 0 aromatic heterocycles. The fourth-order valence-corrected chi connectivity index (χ4v) is 3.96. The quantitative estimate of drug-likeness (QED) is 0.513. The van der Waals surface area contributed by atoms with Gasteiger partial charge in [-0.05, 0) is 40.8 Å². The summed E-state index contributed by atoms with van der Waals surface area (Å²) in [6.07, 6.45) is 9.18. The first-order chi connectivity index (χ1) is 9.61. The van der Waals surface area contributed by atoms with Crippen LogP contribution in [0.15, 0.2) is 16.6 Å². The molecule has 0 spiro atoms. The summed E-state index contributed by atoms with van der Waals surface area (Å²) in [7, 11) is 1.59. The van der Waals surface area contributed by atoms with Crippen molar-refractivity contribution in [1.29, 1.82) is 0 Å². The lowest BCUT2D eigenvalue weighted by Crippen LogP contribution is -2.07.